The van der Waals surface area contributed by atoms with E-state index in [1.165, 1.54) is 12.1 Å². The van der Waals surface area contributed by atoms with Crippen molar-refractivity contribution in [3.63, 3.8) is 0 Å². The van der Waals surface area contributed by atoms with E-state index < -0.39 is 0 Å². The highest BCUT2D eigenvalue weighted by molar-refractivity contribution is 5.74. The number of oxazole rings is 1. The Kier molecular flexibility index (Phi) is 3.29. The summed E-state index contributed by atoms with van der Waals surface area (Å²) in [5.41, 5.74) is 1.21. The van der Waals surface area contributed by atoms with Gasteiger partial charge in [-0.2, -0.15) is 4.98 Å². The maximum atomic E-state index is 13.2. The number of halogens is 1. The summed E-state index contributed by atoms with van der Waals surface area (Å²) in [4.78, 5) is 14.0. The standard InChI is InChI=1S/C16H17FN4O/c17-12-1-2-13-14(10-12)22-16(20-13)21-7-3-11(4-8-21)9-15-18-5-6-19-15/h1-2,5-6,10-11H,3-4,7-9H2,(H,18,19). The summed E-state index contributed by atoms with van der Waals surface area (Å²) >= 11 is 0. The van der Waals surface area contributed by atoms with E-state index in [0.717, 1.165) is 38.2 Å². The molecule has 114 valence electrons. The van der Waals surface area contributed by atoms with Gasteiger partial charge in [0.25, 0.3) is 6.01 Å². The largest absolute Gasteiger partial charge is 0.423 e. The van der Waals surface area contributed by atoms with E-state index in [1.807, 2.05) is 6.20 Å². The van der Waals surface area contributed by atoms with Crippen LogP contribution in [0, 0.1) is 11.7 Å². The maximum Gasteiger partial charge on any atom is 0.298 e. The molecule has 3 heterocycles. The molecule has 0 spiro atoms. The van der Waals surface area contributed by atoms with Gasteiger partial charge < -0.3 is 14.3 Å². The van der Waals surface area contributed by atoms with Gasteiger partial charge in [0.05, 0.1) is 0 Å². The van der Waals surface area contributed by atoms with E-state index in [9.17, 15) is 4.39 Å². The zero-order chi connectivity index (χ0) is 14.9. The minimum Gasteiger partial charge on any atom is -0.423 e. The molecule has 22 heavy (non-hydrogen) atoms. The molecular formula is C16H17FN4O. The minimum absolute atomic E-state index is 0.299. The average molecular weight is 300 g/mol. The van der Waals surface area contributed by atoms with Crippen LogP contribution in [0.1, 0.15) is 18.7 Å². The molecule has 0 unspecified atom stereocenters. The normalized spacial score (nSPS) is 16.5. The van der Waals surface area contributed by atoms with Crippen molar-refractivity contribution in [1.29, 1.82) is 0 Å². The van der Waals surface area contributed by atoms with Crippen LogP contribution in [-0.2, 0) is 6.42 Å². The van der Waals surface area contributed by atoms with Crippen molar-refractivity contribution in [3.8, 4) is 0 Å². The van der Waals surface area contributed by atoms with E-state index >= 15 is 0 Å². The lowest BCUT2D eigenvalue weighted by Gasteiger charge is -2.30. The van der Waals surface area contributed by atoms with Crippen molar-refractivity contribution in [3.05, 3.63) is 42.2 Å². The lowest BCUT2D eigenvalue weighted by molar-refractivity contribution is 0.383. The van der Waals surface area contributed by atoms with Gasteiger partial charge in [0.15, 0.2) is 5.58 Å². The summed E-state index contributed by atoms with van der Waals surface area (Å²) in [6.07, 6.45) is 6.80. The fraction of sp³-hybridized carbons (Fsp3) is 0.375. The molecule has 1 N–H and O–H groups in total. The second kappa shape index (κ2) is 5.44. The second-order valence-electron chi connectivity index (χ2n) is 5.78. The monoisotopic (exact) mass is 300 g/mol. The number of benzene rings is 1. The third kappa shape index (κ3) is 2.56. The van der Waals surface area contributed by atoms with E-state index in [1.54, 1.807) is 12.3 Å². The summed E-state index contributed by atoms with van der Waals surface area (Å²) in [6.45, 7) is 1.81. The van der Waals surface area contributed by atoms with Crippen LogP contribution in [-0.4, -0.2) is 28.0 Å². The number of hydrogen-bond acceptors (Lipinski definition) is 4. The van der Waals surface area contributed by atoms with Crippen molar-refractivity contribution in [2.75, 3.05) is 18.0 Å². The Hall–Kier alpha value is -2.37. The summed E-state index contributed by atoms with van der Waals surface area (Å²) < 4.78 is 18.9. The molecule has 0 atom stereocenters. The predicted molar refractivity (Wildman–Crippen MR) is 81.2 cm³/mol. The Morgan fingerprint density at radius 3 is 2.95 bits per heavy atom. The number of H-pyrrole nitrogens is 1. The zero-order valence-electron chi connectivity index (χ0n) is 12.1. The molecule has 0 radical (unpaired) electrons. The minimum atomic E-state index is -0.299. The maximum absolute atomic E-state index is 13.2. The SMILES string of the molecule is Fc1ccc2nc(N3CCC(Cc4ncc[nH]4)CC3)oc2c1. The van der Waals surface area contributed by atoms with Crippen LogP contribution in [0.5, 0.6) is 0 Å². The first-order chi connectivity index (χ1) is 10.8. The van der Waals surface area contributed by atoms with Gasteiger partial charge >= 0.3 is 0 Å². The van der Waals surface area contributed by atoms with Crippen LogP contribution in [0.3, 0.4) is 0 Å². The third-order valence-corrected chi connectivity index (χ3v) is 4.26. The lowest BCUT2D eigenvalue weighted by Crippen LogP contribution is -2.34. The number of fused-ring (bicyclic) bond motifs is 1. The predicted octanol–water partition coefficient (Wildman–Crippen LogP) is 3.15. The molecule has 4 rings (SSSR count). The number of rotatable bonds is 3. The van der Waals surface area contributed by atoms with Crippen LogP contribution in [0.25, 0.3) is 11.1 Å². The summed E-state index contributed by atoms with van der Waals surface area (Å²) in [6, 6.07) is 5.04. The van der Waals surface area contributed by atoms with Crippen LogP contribution in [0.15, 0.2) is 35.0 Å². The Labute approximate surface area is 127 Å². The number of hydrogen-bond donors (Lipinski definition) is 1. The van der Waals surface area contributed by atoms with Gasteiger partial charge in [-0.15, -0.1) is 0 Å². The highest BCUT2D eigenvalue weighted by Gasteiger charge is 2.23. The summed E-state index contributed by atoms with van der Waals surface area (Å²) in [5, 5.41) is 0. The first kappa shape index (κ1) is 13.3. The molecule has 0 saturated carbocycles. The number of aromatic nitrogens is 3. The molecule has 1 aliphatic rings. The molecule has 6 heteroatoms. The number of imidazole rings is 1. The van der Waals surface area contributed by atoms with Gasteiger partial charge in [0, 0.05) is 38.0 Å². The Morgan fingerprint density at radius 2 is 2.18 bits per heavy atom. The smallest absolute Gasteiger partial charge is 0.298 e. The molecule has 0 bridgehead atoms. The van der Waals surface area contributed by atoms with Gasteiger partial charge in [-0.3, -0.25) is 0 Å². The summed E-state index contributed by atoms with van der Waals surface area (Å²) in [7, 11) is 0. The summed E-state index contributed by atoms with van der Waals surface area (Å²) in [5.74, 6) is 1.38. The highest BCUT2D eigenvalue weighted by Crippen LogP contribution is 2.27. The fourth-order valence-electron chi connectivity index (χ4n) is 3.03. The van der Waals surface area contributed by atoms with E-state index in [4.69, 9.17) is 4.42 Å². The van der Waals surface area contributed by atoms with Crippen LogP contribution >= 0.6 is 0 Å². The van der Waals surface area contributed by atoms with Crippen molar-refractivity contribution < 1.29 is 8.81 Å². The Bertz CT molecular complexity index is 760. The Morgan fingerprint density at radius 1 is 1.32 bits per heavy atom. The number of piperidine rings is 1. The van der Waals surface area contributed by atoms with Crippen molar-refractivity contribution in [2.24, 2.45) is 5.92 Å². The van der Waals surface area contributed by atoms with E-state index in [0.29, 0.717) is 23.0 Å². The molecule has 3 aromatic rings. The van der Waals surface area contributed by atoms with Crippen molar-refractivity contribution in [2.45, 2.75) is 19.3 Å². The first-order valence-corrected chi connectivity index (χ1v) is 7.57. The lowest BCUT2D eigenvalue weighted by atomic mass is 9.93. The second-order valence-corrected chi connectivity index (χ2v) is 5.78. The molecule has 1 fully saturated rings. The van der Waals surface area contributed by atoms with Crippen LogP contribution in [0.2, 0.25) is 0 Å². The molecule has 1 aromatic carbocycles. The fourth-order valence-corrected chi connectivity index (χ4v) is 3.03. The topological polar surface area (TPSA) is 58.0 Å². The number of nitrogens with zero attached hydrogens (tertiary/aromatic N) is 3. The Balaban J connectivity index is 1.43. The molecule has 1 saturated heterocycles. The first-order valence-electron chi connectivity index (χ1n) is 7.57. The third-order valence-electron chi connectivity index (χ3n) is 4.26. The van der Waals surface area contributed by atoms with E-state index in [-0.39, 0.29) is 5.82 Å². The molecular weight excluding hydrogens is 283 g/mol. The molecule has 1 aliphatic heterocycles. The van der Waals surface area contributed by atoms with Crippen molar-refractivity contribution >= 4 is 17.1 Å². The van der Waals surface area contributed by atoms with Gasteiger partial charge in [-0.1, -0.05) is 0 Å². The molecule has 0 amide bonds. The number of anilines is 1. The van der Waals surface area contributed by atoms with E-state index in [2.05, 4.69) is 19.9 Å². The number of nitrogens with one attached hydrogen (secondary N) is 1. The molecule has 0 aliphatic carbocycles. The molecule has 5 nitrogen and oxygen atoms in total. The molecule has 2 aromatic heterocycles. The quantitative estimate of drug-likeness (QED) is 0.807. The zero-order valence-corrected chi connectivity index (χ0v) is 12.1. The van der Waals surface area contributed by atoms with Gasteiger partial charge in [-0.05, 0) is 30.9 Å². The van der Waals surface area contributed by atoms with Gasteiger partial charge in [0.1, 0.15) is 17.2 Å². The van der Waals surface area contributed by atoms with Gasteiger partial charge in [-0.25, -0.2) is 9.37 Å². The van der Waals surface area contributed by atoms with Crippen LogP contribution < -0.4 is 4.90 Å². The average Bonchev–Trinajstić information content (AvgIpc) is 3.17. The van der Waals surface area contributed by atoms with Crippen molar-refractivity contribution in [1.82, 2.24) is 15.0 Å². The highest BCUT2D eigenvalue weighted by atomic mass is 19.1. The number of aromatic amines is 1. The van der Waals surface area contributed by atoms with Crippen LogP contribution in [0.4, 0.5) is 10.4 Å². The van der Waals surface area contributed by atoms with Gasteiger partial charge in [0.2, 0.25) is 0 Å².